The third kappa shape index (κ3) is 5.97. The highest BCUT2D eigenvalue weighted by Gasteiger charge is 2.33. The predicted molar refractivity (Wildman–Crippen MR) is 68.8 cm³/mol. The summed E-state index contributed by atoms with van der Waals surface area (Å²) >= 11 is 3.22. The summed E-state index contributed by atoms with van der Waals surface area (Å²) in [6.45, 7) is 2.12. The molecule has 1 aliphatic heterocycles. The molecule has 1 aliphatic rings. The third-order valence-electron chi connectivity index (χ3n) is 2.72. The Morgan fingerprint density at radius 3 is 2.53 bits per heavy atom. The zero-order valence-corrected chi connectivity index (χ0v) is 12.9. The van der Waals surface area contributed by atoms with Crippen LogP contribution in [0, 0.1) is 0 Å². The maximum Gasteiger partial charge on any atom is 0.389 e. The number of alkyl halides is 4. The summed E-state index contributed by atoms with van der Waals surface area (Å²) in [4.78, 5) is 0. The van der Waals surface area contributed by atoms with E-state index in [2.05, 4.69) is 15.9 Å². The SMILES string of the molecule is CC1CN(S(=O)(=O)CCCC(F)(F)F)CC(CBr)O1. The summed E-state index contributed by atoms with van der Waals surface area (Å²) in [5.74, 6) is -0.478. The first kappa shape index (κ1) is 17.2. The summed E-state index contributed by atoms with van der Waals surface area (Å²) in [5, 5.41) is 0.492. The van der Waals surface area contributed by atoms with Gasteiger partial charge in [-0.25, -0.2) is 8.42 Å². The molecule has 0 aromatic rings. The quantitative estimate of drug-likeness (QED) is 0.699. The van der Waals surface area contributed by atoms with Gasteiger partial charge >= 0.3 is 6.18 Å². The minimum atomic E-state index is -4.31. The van der Waals surface area contributed by atoms with Gasteiger partial charge in [-0.1, -0.05) is 15.9 Å². The first-order chi connectivity index (χ1) is 8.64. The van der Waals surface area contributed by atoms with E-state index in [0.29, 0.717) is 5.33 Å². The predicted octanol–water partition coefficient (Wildman–Crippen LogP) is 2.14. The van der Waals surface area contributed by atoms with Crippen molar-refractivity contribution in [2.75, 3.05) is 24.2 Å². The summed E-state index contributed by atoms with van der Waals surface area (Å²) in [6, 6.07) is 0. The second-order valence-electron chi connectivity index (χ2n) is 4.57. The van der Waals surface area contributed by atoms with Gasteiger partial charge < -0.3 is 4.74 Å². The van der Waals surface area contributed by atoms with Crippen LogP contribution < -0.4 is 0 Å². The molecule has 2 atom stereocenters. The Bertz CT molecular complexity index is 388. The lowest BCUT2D eigenvalue weighted by Gasteiger charge is -2.35. The molecule has 0 aromatic carbocycles. The van der Waals surface area contributed by atoms with Crippen molar-refractivity contribution in [3.8, 4) is 0 Å². The maximum atomic E-state index is 12.0. The smallest absolute Gasteiger partial charge is 0.372 e. The molecule has 1 fully saturated rings. The van der Waals surface area contributed by atoms with Crippen molar-refractivity contribution in [2.24, 2.45) is 0 Å². The average Bonchev–Trinajstić information content (AvgIpc) is 2.26. The highest BCUT2D eigenvalue weighted by atomic mass is 79.9. The Balaban J connectivity index is 2.56. The van der Waals surface area contributed by atoms with E-state index in [9.17, 15) is 21.6 Å². The first-order valence-electron chi connectivity index (χ1n) is 5.90. The van der Waals surface area contributed by atoms with E-state index in [1.54, 1.807) is 6.92 Å². The van der Waals surface area contributed by atoms with Crippen LogP contribution in [-0.4, -0.2) is 55.3 Å². The molecular formula is C10H17BrF3NO3S. The van der Waals surface area contributed by atoms with Crippen molar-refractivity contribution in [3.63, 3.8) is 0 Å². The number of sulfonamides is 1. The zero-order valence-electron chi connectivity index (χ0n) is 10.5. The van der Waals surface area contributed by atoms with Crippen LogP contribution in [0.4, 0.5) is 13.2 Å². The molecule has 2 unspecified atom stereocenters. The van der Waals surface area contributed by atoms with E-state index in [4.69, 9.17) is 4.74 Å². The van der Waals surface area contributed by atoms with Gasteiger partial charge in [0.15, 0.2) is 0 Å². The molecule has 0 N–H and O–H groups in total. The standard InChI is InChI=1S/C10H17BrF3NO3S/c1-8-6-15(7-9(5-11)18-8)19(16,17)4-2-3-10(12,13)14/h8-9H,2-7H2,1H3. The van der Waals surface area contributed by atoms with Crippen molar-refractivity contribution in [1.29, 1.82) is 0 Å². The lowest BCUT2D eigenvalue weighted by Crippen LogP contribution is -2.50. The highest BCUT2D eigenvalue weighted by Crippen LogP contribution is 2.23. The molecular weight excluding hydrogens is 351 g/mol. The van der Waals surface area contributed by atoms with E-state index in [1.807, 2.05) is 0 Å². The van der Waals surface area contributed by atoms with Gasteiger partial charge in [-0.2, -0.15) is 17.5 Å². The fourth-order valence-electron chi connectivity index (χ4n) is 1.90. The van der Waals surface area contributed by atoms with Crippen LogP contribution in [-0.2, 0) is 14.8 Å². The van der Waals surface area contributed by atoms with E-state index < -0.39 is 34.8 Å². The van der Waals surface area contributed by atoms with Gasteiger partial charge in [0, 0.05) is 24.8 Å². The van der Waals surface area contributed by atoms with Crippen molar-refractivity contribution in [3.05, 3.63) is 0 Å². The van der Waals surface area contributed by atoms with Gasteiger partial charge in [-0.15, -0.1) is 0 Å². The van der Waals surface area contributed by atoms with Gasteiger partial charge in [0.1, 0.15) is 0 Å². The van der Waals surface area contributed by atoms with Gasteiger partial charge in [0.05, 0.1) is 18.0 Å². The number of hydrogen-bond donors (Lipinski definition) is 0. The van der Waals surface area contributed by atoms with Gasteiger partial charge in [-0.3, -0.25) is 0 Å². The van der Waals surface area contributed by atoms with Crippen LogP contribution in [0.3, 0.4) is 0 Å². The fraction of sp³-hybridized carbons (Fsp3) is 1.00. The molecule has 0 radical (unpaired) electrons. The number of morpholine rings is 1. The van der Waals surface area contributed by atoms with Crippen molar-refractivity contribution in [2.45, 2.75) is 38.1 Å². The van der Waals surface area contributed by atoms with Crippen molar-refractivity contribution in [1.82, 2.24) is 4.31 Å². The highest BCUT2D eigenvalue weighted by molar-refractivity contribution is 9.09. The van der Waals surface area contributed by atoms with Crippen LogP contribution in [0.15, 0.2) is 0 Å². The Labute approximate surface area is 119 Å². The molecule has 1 rings (SSSR count). The topological polar surface area (TPSA) is 46.6 Å². The molecule has 1 heterocycles. The monoisotopic (exact) mass is 367 g/mol. The molecule has 19 heavy (non-hydrogen) atoms. The molecule has 9 heteroatoms. The second kappa shape index (κ2) is 6.73. The second-order valence-corrected chi connectivity index (χ2v) is 7.31. The minimum absolute atomic E-state index is 0.184. The molecule has 0 saturated carbocycles. The fourth-order valence-corrected chi connectivity index (χ4v) is 3.85. The van der Waals surface area contributed by atoms with E-state index in [0.717, 1.165) is 0 Å². The Morgan fingerprint density at radius 2 is 2.00 bits per heavy atom. The molecule has 0 bridgehead atoms. The number of nitrogens with zero attached hydrogens (tertiary/aromatic N) is 1. The molecule has 0 amide bonds. The van der Waals surface area contributed by atoms with Crippen LogP contribution in [0.25, 0.3) is 0 Å². The normalized spacial score (nSPS) is 26.6. The van der Waals surface area contributed by atoms with Crippen molar-refractivity contribution >= 4 is 26.0 Å². The maximum absolute atomic E-state index is 12.0. The third-order valence-corrected chi connectivity index (χ3v) is 5.33. The number of rotatable bonds is 5. The van der Waals surface area contributed by atoms with Crippen molar-refractivity contribution < 1.29 is 26.3 Å². The molecule has 0 aromatic heterocycles. The first-order valence-corrected chi connectivity index (χ1v) is 8.63. The Kier molecular flexibility index (Phi) is 6.09. The summed E-state index contributed by atoms with van der Waals surface area (Å²) < 4.78 is 66.7. The number of hydrogen-bond acceptors (Lipinski definition) is 3. The number of ether oxygens (including phenoxy) is 1. The molecule has 0 aliphatic carbocycles. The summed E-state index contributed by atoms with van der Waals surface area (Å²) in [5.41, 5.74) is 0. The van der Waals surface area contributed by atoms with E-state index in [1.165, 1.54) is 4.31 Å². The lowest BCUT2D eigenvalue weighted by molar-refractivity contribution is -0.134. The van der Waals surface area contributed by atoms with E-state index >= 15 is 0 Å². The van der Waals surface area contributed by atoms with Gasteiger partial charge in [0.2, 0.25) is 10.0 Å². The van der Waals surface area contributed by atoms with Crippen LogP contribution in [0.1, 0.15) is 19.8 Å². The van der Waals surface area contributed by atoms with Crippen LogP contribution in [0.5, 0.6) is 0 Å². The van der Waals surface area contributed by atoms with Gasteiger partial charge in [0.25, 0.3) is 0 Å². The lowest BCUT2D eigenvalue weighted by atomic mass is 10.3. The minimum Gasteiger partial charge on any atom is -0.372 e. The molecule has 1 saturated heterocycles. The zero-order chi connectivity index (χ0) is 14.7. The van der Waals surface area contributed by atoms with Crippen LogP contribution >= 0.6 is 15.9 Å². The summed E-state index contributed by atoms with van der Waals surface area (Å²) in [6.07, 6.45) is -6.31. The molecule has 4 nitrogen and oxygen atoms in total. The Morgan fingerprint density at radius 1 is 1.37 bits per heavy atom. The molecule has 0 spiro atoms. The largest absolute Gasteiger partial charge is 0.389 e. The molecule has 114 valence electrons. The van der Waals surface area contributed by atoms with Gasteiger partial charge in [-0.05, 0) is 13.3 Å². The number of halogens is 4. The Hall–Kier alpha value is 0.140. The van der Waals surface area contributed by atoms with E-state index in [-0.39, 0.29) is 25.3 Å². The summed E-state index contributed by atoms with van der Waals surface area (Å²) in [7, 11) is -3.65. The average molecular weight is 368 g/mol. The van der Waals surface area contributed by atoms with Crippen LogP contribution in [0.2, 0.25) is 0 Å².